The van der Waals surface area contributed by atoms with Crippen LogP contribution in [0, 0.1) is 11.3 Å². The van der Waals surface area contributed by atoms with Gasteiger partial charge in [0.05, 0.1) is 16.8 Å². The van der Waals surface area contributed by atoms with E-state index in [1.165, 1.54) is 18.3 Å². The van der Waals surface area contributed by atoms with Crippen molar-refractivity contribution < 1.29 is 14.7 Å². The number of carbonyl (C=O) groups is 2. The number of amides is 1. The van der Waals surface area contributed by atoms with Gasteiger partial charge in [-0.05, 0) is 30.3 Å². The molecular weight excluding hydrogens is 338 g/mol. The standard InChI is InChI=1S/C14H8BrN3O3/c15-9-3-4-11(8(6-9)7-16)18-13(19)12-10(14(20)21)2-1-5-17-12/h1-6H,(H,18,19)(H,20,21). The first-order chi connectivity index (χ1) is 10.0. The van der Waals surface area contributed by atoms with Gasteiger partial charge in [-0.1, -0.05) is 15.9 Å². The van der Waals surface area contributed by atoms with Crippen molar-refractivity contribution in [2.75, 3.05) is 5.32 Å². The van der Waals surface area contributed by atoms with Gasteiger partial charge in [-0.2, -0.15) is 5.26 Å². The molecule has 0 atom stereocenters. The van der Waals surface area contributed by atoms with E-state index in [0.29, 0.717) is 4.47 Å². The van der Waals surface area contributed by atoms with Crippen LogP contribution in [0.15, 0.2) is 41.0 Å². The first-order valence-corrected chi connectivity index (χ1v) is 6.51. The minimum atomic E-state index is -1.25. The number of pyridine rings is 1. The van der Waals surface area contributed by atoms with Gasteiger partial charge in [-0.25, -0.2) is 4.79 Å². The van der Waals surface area contributed by atoms with E-state index in [1.807, 2.05) is 6.07 Å². The van der Waals surface area contributed by atoms with E-state index in [0.717, 1.165) is 0 Å². The number of anilines is 1. The topological polar surface area (TPSA) is 103 Å². The van der Waals surface area contributed by atoms with Crippen molar-refractivity contribution in [1.29, 1.82) is 5.26 Å². The number of carbonyl (C=O) groups excluding carboxylic acids is 1. The fourth-order valence-corrected chi connectivity index (χ4v) is 2.02. The van der Waals surface area contributed by atoms with Gasteiger partial charge in [0, 0.05) is 10.7 Å². The lowest BCUT2D eigenvalue weighted by Gasteiger charge is -2.08. The number of aromatic nitrogens is 1. The Hall–Kier alpha value is -2.72. The smallest absolute Gasteiger partial charge is 0.338 e. The number of aromatic carboxylic acids is 1. The Labute approximate surface area is 128 Å². The summed E-state index contributed by atoms with van der Waals surface area (Å²) in [5.41, 5.74) is 0.126. The monoisotopic (exact) mass is 345 g/mol. The van der Waals surface area contributed by atoms with E-state index in [4.69, 9.17) is 10.4 Å². The summed E-state index contributed by atoms with van der Waals surface area (Å²) in [6, 6.07) is 9.42. The number of halogens is 1. The molecule has 104 valence electrons. The van der Waals surface area contributed by atoms with Crippen LogP contribution in [0.25, 0.3) is 0 Å². The predicted octanol–water partition coefficient (Wildman–Crippen LogP) is 2.67. The Morgan fingerprint density at radius 1 is 1.33 bits per heavy atom. The van der Waals surface area contributed by atoms with Gasteiger partial charge in [-0.15, -0.1) is 0 Å². The second-order valence-electron chi connectivity index (χ2n) is 3.96. The first-order valence-electron chi connectivity index (χ1n) is 5.72. The molecule has 1 aromatic carbocycles. The maximum absolute atomic E-state index is 12.1. The summed E-state index contributed by atoms with van der Waals surface area (Å²) in [6.07, 6.45) is 1.33. The van der Waals surface area contributed by atoms with Crippen molar-refractivity contribution in [3.8, 4) is 6.07 Å². The van der Waals surface area contributed by atoms with Crippen LogP contribution < -0.4 is 5.32 Å². The van der Waals surface area contributed by atoms with Crippen LogP contribution in [0.2, 0.25) is 0 Å². The zero-order chi connectivity index (χ0) is 15.4. The fraction of sp³-hybridized carbons (Fsp3) is 0. The average molecular weight is 346 g/mol. The van der Waals surface area contributed by atoms with Crippen molar-refractivity contribution >= 4 is 33.5 Å². The first kappa shape index (κ1) is 14.7. The Morgan fingerprint density at radius 2 is 2.10 bits per heavy atom. The molecule has 1 aromatic heterocycles. The molecule has 2 rings (SSSR count). The van der Waals surface area contributed by atoms with Crippen LogP contribution in [0.4, 0.5) is 5.69 Å². The number of hydrogen-bond donors (Lipinski definition) is 2. The van der Waals surface area contributed by atoms with Crippen LogP contribution in [0.5, 0.6) is 0 Å². The Balaban J connectivity index is 2.36. The maximum atomic E-state index is 12.1. The molecule has 0 bridgehead atoms. The summed E-state index contributed by atoms with van der Waals surface area (Å²) in [4.78, 5) is 27.0. The molecule has 0 aliphatic rings. The number of nitriles is 1. The molecule has 7 heteroatoms. The zero-order valence-corrected chi connectivity index (χ0v) is 12.1. The molecule has 0 saturated heterocycles. The molecule has 0 fully saturated rings. The zero-order valence-electron chi connectivity index (χ0n) is 10.5. The van der Waals surface area contributed by atoms with Gasteiger partial charge in [0.25, 0.3) is 5.91 Å². The lowest BCUT2D eigenvalue weighted by atomic mass is 10.1. The Bertz CT molecular complexity index is 768. The van der Waals surface area contributed by atoms with Gasteiger partial charge in [0.1, 0.15) is 11.8 Å². The second-order valence-corrected chi connectivity index (χ2v) is 4.88. The number of carboxylic acids is 1. The number of carboxylic acid groups (broad SMARTS) is 1. The van der Waals surface area contributed by atoms with Crippen molar-refractivity contribution in [2.24, 2.45) is 0 Å². The highest BCUT2D eigenvalue weighted by Crippen LogP contribution is 2.21. The highest BCUT2D eigenvalue weighted by atomic mass is 79.9. The molecule has 0 spiro atoms. The largest absolute Gasteiger partial charge is 0.478 e. The number of nitrogens with zero attached hydrogens (tertiary/aromatic N) is 2. The van der Waals surface area contributed by atoms with Crippen molar-refractivity contribution in [2.45, 2.75) is 0 Å². The van der Waals surface area contributed by atoms with Crippen LogP contribution in [-0.4, -0.2) is 22.0 Å². The van der Waals surface area contributed by atoms with Gasteiger partial charge >= 0.3 is 5.97 Å². The number of hydrogen-bond acceptors (Lipinski definition) is 4. The van der Waals surface area contributed by atoms with E-state index >= 15 is 0 Å². The van der Waals surface area contributed by atoms with Crippen LogP contribution in [-0.2, 0) is 0 Å². The summed E-state index contributed by atoms with van der Waals surface area (Å²) < 4.78 is 0.695. The summed E-state index contributed by atoms with van der Waals surface area (Å²) in [5.74, 6) is -1.93. The highest BCUT2D eigenvalue weighted by molar-refractivity contribution is 9.10. The third-order valence-corrected chi connectivity index (χ3v) is 3.10. The van der Waals surface area contributed by atoms with Gasteiger partial charge in [0.2, 0.25) is 0 Å². The minimum Gasteiger partial charge on any atom is -0.478 e. The fourth-order valence-electron chi connectivity index (χ4n) is 1.66. The average Bonchev–Trinajstić information content (AvgIpc) is 2.48. The molecule has 21 heavy (non-hydrogen) atoms. The quantitative estimate of drug-likeness (QED) is 0.889. The molecule has 0 aliphatic heterocycles. The Morgan fingerprint density at radius 3 is 2.76 bits per heavy atom. The minimum absolute atomic E-state index is 0.203. The van der Waals surface area contributed by atoms with E-state index in [1.54, 1.807) is 18.2 Å². The molecule has 0 aliphatic carbocycles. The highest BCUT2D eigenvalue weighted by Gasteiger charge is 2.18. The molecule has 0 unspecified atom stereocenters. The molecule has 6 nitrogen and oxygen atoms in total. The third-order valence-electron chi connectivity index (χ3n) is 2.60. The number of nitrogens with one attached hydrogen (secondary N) is 1. The van der Waals surface area contributed by atoms with Crippen molar-refractivity contribution in [1.82, 2.24) is 4.98 Å². The Kier molecular flexibility index (Phi) is 4.30. The molecule has 2 N–H and O–H groups in total. The van der Waals surface area contributed by atoms with Crippen LogP contribution in [0.3, 0.4) is 0 Å². The van der Waals surface area contributed by atoms with Gasteiger partial charge in [-0.3, -0.25) is 9.78 Å². The summed E-state index contributed by atoms with van der Waals surface area (Å²) in [6.45, 7) is 0. The van der Waals surface area contributed by atoms with E-state index < -0.39 is 11.9 Å². The maximum Gasteiger partial charge on any atom is 0.338 e. The van der Waals surface area contributed by atoms with E-state index in [-0.39, 0.29) is 22.5 Å². The van der Waals surface area contributed by atoms with Gasteiger partial charge < -0.3 is 10.4 Å². The summed E-state index contributed by atoms with van der Waals surface area (Å²) in [5, 5.41) is 20.6. The molecule has 0 saturated carbocycles. The third kappa shape index (κ3) is 3.24. The van der Waals surface area contributed by atoms with Crippen molar-refractivity contribution in [3.05, 3.63) is 57.8 Å². The molecule has 2 aromatic rings. The summed E-state index contributed by atoms with van der Waals surface area (Å²) in [7, 11) is 0. The van der Waals surface area contributed by atoms with Gasteiger partial charge in [0.15, 0.2) is 0 Å². The van der Waals surface area contributed by atoms with Crippen LogP contribution >= 0.6 is 15.9 Å². The lowest BCUT2D eigenvalue weighted by molar-refractivity contribution is 0.0691. The van der Waals surface area contributed by atoms with Crippen molar-refractivity contribution in [3.63, 3.8) is 0 Å². The summed E-state index contributed by atoms with van der Waals surface area (Å²) >= 11 is 3.23. The second kappa shape index (κ2) is 6.15. The number of rotatable bonds is 3. The van der Waals surface area contributed by atoms with E-state index in [9.17, 15) is 9.59 Å². The number of benzene rings is 1. The molecule has 1 amide bonds. The normalized spacial score (nSPS) is 9.71. The molecular formula is C14H8BrN3O3. The molecule has 1 heterocycles. The SMILES string of the molecule is N#Cc1cc(Br)ccc1NC(=O)c1ncccc1C(=O)O. The van der Waals surface area contributed by atoms with E-state index in [2.05, 4.69) is 26.2 Å². The molecule has 0 radical (unpaired) electrons. The predicted molar refractivity (Wildman–Crippen MR) is 78.0 cm³/mol. The lowest BCUT2D eigenvalue weighted by Crippen LogP contribution is -2.18. The van der Waals surface area contributed by atoms with Crippen LogP contribution in [0.1, 0.15) is 26.4 Å².